The monoisotopic (exact) mass is 145 g/mol. The molecular weight excluding hydrogens is 138 g/mol. The summed E-state index contributed by atoms with van der Waals surface area (Å²) in [6.07, 6.45) is 8.12. The van der Waals surface area contributed by atoms with Gasteiger partial charge in [-0.05, 0) is 24.5 Å². The van der Waals surface area contributed by atoms with E-state index in [2.05, 4.69) is 10.9 Å². The molecule has 0 atom stereocenters. The standard InChI is InChI=1S/C9H7NO/c1-3-9(11)8-4-5-10-6-7(8)2/h1,4-6H,2H3. The molecule has 1 heterocycles. The average molecular weight is 145 g/mol. The first-order chi connectivity index (χ1) is 5.25. The van der Waals surface area contributed by atoms with Crippen molar-refractivity contribution in [3.63, 3.8) is 0 Å². The number of rotatable bonds is 1. The highest BCUT2D eigenvalue weighted by atomic mass is 16.1. The second-order valence-electron chi connectivity index (χ2n) is 2.16. The van der Waals surface area contributed by atoms with E-state index in [1.807, 2.05) is 0 Å². The van der Waals surface area contributed by atoms with Gasteiger partial charge in [0, 0.05) is 18.0 Å². The van der Waals surface area contributed by atoms with Gasteiger partial charge in [0.05, 0.1) is 0 Å². The van der Waals surface area contributed by atoms with Crippen LogP contribution in [0.3, 0.4) is 0 Å². The van der Waals surface area contributed by atoms with Crippen molar-refractivity contribution < 1.29 is 4.79 Å². The molecule has 0 radical (unpaired) electrons. The number of carbonyl (C=O) groups is 1. The molecule has 0 amide bonds. The summed E-state index contributed by atoms with van der Waals surface area (Å²) in [5.41, 5.74) is 1.37. The Morgan fingerprint density at radius 2 is 2.45 bits per heavy atom. The molecule has 0 aliphatic carbocycles. The smallest absolute Gasteiger partial charge is 0.236 e. The first kappa shape index (κ1) is 7.49. The fourth-order valence-electron chi connectivity index (χ4n) is 0.806. The van der Waals surface area contributed by atoms with Crippen molar-refractivity contribution >= 4 is 5.78 Å². The van der Waals surface area contributed by atoms with Gasteiger partial charge in [0.1, 0.15) is 0 Å². The predicted octanol–water partition coefficient (Wildman–Crippen LogP) is 1.21. The lowest BCUT2D eigenvalue weighted by molar-refractivity contribution is 0.105. The van der Waals surface area contributed by atoms with Gasteiger partial charge in [0.25, 0.3) is 0 Å². The Morgan fingerprint density at radius 1 is 1.73 bits per heavy atom. The zero-order chi connectivity index (χ0) is 8.27. The number of nitrogens with zero attached hydrogens (tertiary/aromatic N) is 1. The quantitative estimate of drug-likeness (QED) is 0.337. The van der Waals surface area contributed by atoms with Crippen LogP contribution < -0.4 is 0 Å². The first-order valence-electron chi connectivity index (χ1n) is 3.17. The lowest BCUT2D eigenvalue weighted by atomic mass is 10.1. The Bertz CT molecular complexity index is 323. The van der Waals surface area contributed by atoms with Crippen LogP contribution >= 0.6 is 0 Å². The van der Waals surface area contributed by atoms with Crippen LogP contribution in [0.15, 0.2) is 18.5 Å². The molecule has 0 spiro atoms. The van der Waals surface area contributed by atoms with Gasteiger partial charge in [-0.15, -0.1) is 6.42 Å². The van der Waals surface area contributed by atoms with Crippen LogP contribution in [0.25, 0.3) is 0 Å². The van der Waals surface area contributed by atoms with Crippen LogP contribution in [0.4, 0.5) is 0 Å². The van der Waals surface area contributed by atoms with E-state index in [0.29, 0.717) is 5.56 Å². The number of aromatic nitrogens is 1. The van der Waals surface area contributed by atoms with Crippen molar-refractivity contribution in [1.82, 2.24) is 4.98 Å². The molecular formula is C9H7NO. The Morgan fingerprint density at radius 3 is 3.00 bits per heavy atom. The van der Waals surface area contributed by atoms with Gasteiger partial charge in [-0.3, -0.25) is 9.78 Å². The second-order valence-corrected chi connectivity index (χ2v) is 2.16. The number of Topliss-reactive ketones (excluding diaryl/α,β-unsaturated/α-hetero) is 1. The number of hydrogen-bond donors (Lipinski definition) is 0. The molecule has 0 aromatic carbocycles. The molecule has 1 aromatic rings. The van der Waals surface area contributed by atoms with E-state index in [1.165, 1.54) is 0 Å². The fourth-order valence-corrected chi connectivity index (χ4v) is 0.806. The summed E-state index contributed by atoms with van der Waals surface area (Å²) in [7, 11) is 0. The van der Waals surface area contributed by atoms with Crippen LogP contribution in [0.5, 0.6) is 0 Å². The fraction of sp³-hybridized carbons (Fsp3) is 0.111. The van der Waals surface area contributed by atoms with Crippen LogP contribution in [0.2, 0.25) is 0 Å². The molecule has 2 nitrogen and oxygen atoms in total. The lowest BCUT2D eigenvalue weighted by Gasteiger charge is -1.96. The number of terminal acetylenes is 1. The Kier molecular flexibility index (Phi) is 2.03. The van der Waals surface area contributed by atoms with Gasteiger partial charge in [-0.25, -0.2) is 0 Å². The molecule has 0 N–H and O–H groups in total. The normalized spacial score (nSPS) is 8.73. The summed E-state index contributed by atoms with van der Waals surface area (Å²) in [4.78, 5) is 14.8. The van der Waals surface area contributed by atoms with Crippen molar-refractivity contribution in [2.75, 3.05) is 0 Å². The van der Waals surface area contributed by atoms with Gasteiger partial charge in [-0.2, -0.15) is 0 Å². The summed E-state index contributed by atoms with van der Waals surface area (Å²) in [5.74, 6) is 1.77. The van der Waals surface area contributed by atoms with Crippen molar-refractivity contribution in [1.29, 1.82) is 0 Å². The van der Waals surface area contributed by atoms with Crippen LogP contribution in [-0.4, -0.2) is 10.8 Å². The molecule has 0 bridgehead atoms. The second kappa shape index (κ2) is 2.98. The van der Waals surface area contributed by atoms with Crippen molar-refractivity contribution in [3.05, 3.63) is 29.6 Å². The summed E-state index contributed by atoms with van der Waals surface area (Å²) < 4.78 is 0. The van der Waals surface area contributed by atoms with Crippen molar-refractivity contribution in [2.45, 2.75) is 6.92 Å². The maximum Gasteiger partial charge on any atom is 0.236 e. The van der Waals surface area contributed by atoms with E-state index in [0.717, 1.165) is 5.56 Å². The van der Waals surface area contributed by atoms with Gasteiger partial charge < -0.3 is 0 Å². The number of pyridine rings is 1. The van der Waals surface area contributed by atoms with E-state index in [4.69, 9.17) is 6.42 Å². The van der Waals surface area contributed by atoms with E-state index >= 15 is 0 Å². The number of hydrogen-bond acceptors (Lipinski definition) is 2. The van der Waals surface area contributed by atoms with E-state index in [9.17, 15) is 4.79 Å². The molecule has 1 aromatic heterocycles. The molecule has 0 fully saturated rings. The molecule has 0 saturated heterocycles. The highest BCUT2D eigenvalue weighted by Crippen LogP contribution is 2.04. The van der Waals surface area contributed by atoms with Crippen molar-refractivity contribution in [2.24, 2.45) is 0 Å². The Hall–Kier alpha value is -1.62. The minimum Gasteiger partial charge on any atom is -0.279 e. The first-order valence-corrected chi connectivity index (χ1v) is 3.17. The summed E-state index contributed by atoms with van der Waals surface area (Å²) in [6, 6.07) is 1.62. The highest BCUT2D eigenvalue weighted by Gasteiger charge is 2.03. The van der Waals surface area contributed by atoms with E-state index in [-0.39, 0.29) is 5.78 Å². The molecule has 54 valence electrons. The third-order valence-corrected chi connectivity index (χ3v) is 1.40. The highest BCUT2D eigenvalue weighted by molar-refractivity contribution is 6.09. The summed E-state index contributed by atoms with van der Waals surface area (Å²) in [5, 5.41) is 0. The maximum absolute atomic E-state index is 11.0. The van der Waals surface area contributed by atoms with Crippen LogP contribution in [-0.2, 0) is 0 Å². The van der Waals surface area contributed by atoms with Crippen LogP contribution in [0, 0.1) is 19.3 Å². The molecule has 0 aliphatic rings. The topological polar surface area (TPSA) is 30.0 Å². The number of carbonyl (C=O) groups excluding carboxylic acids is 1. The third-order valence-electron chi connectivity index (χ3n) is 1.40. The van der Waals surface area contributed by atoms with Gasteiger partial charge >= 0.3 is 0 Å². The van der Waals surface area contributed by atoms with Crippen molar-refractivity contribution in [3.8, 4) is 12.3 Å². The zero-order valence-corrected chi connectivity index (χ0v) is 6.16. The predicted molar refractivity (Wildman–Crippen MR) is 42.1 cm³/mol. The lowest BCUT2D eigenvalue weighted by Crippen LogP contribution is -1.97. The molecule has 2 heteroatoms. The van der Waals surface area contributed by atoms with Crippen LogP contribution in [0.1, 0.15) is 15.9 Å². The minimum absolute atomic E-state index is 0.287. The molecule has 0 aliphatic heterocycles. The third kappa shape index (κ3) is 1.44. The number of ketones is 1. The maximum atomic E-state index is 11.0. The number of aryl methyl sites for hydroxylation is 1. The largest absolute Gasteiger partial charge is 0.279 e. The summed E-state index contributed by atoms with van der Waals surface area (Å²) >= 11 is 0. The van der Waals surface area contributed by atoms with E-state index < -0.39 is 0 Å². The molecule has 0 saturated carbocycles. The molecule has 1 rings (SSSR count). The molecule has 11 heavy (non-hydrogen) atoms. The Balaban J connectivity index is 3.16. The zero-order valence-electron chi connectivity index (χ0n) is 6.16. The average Bonchev–Trinajstić information content (AvgIpc) is 2.04. The Labute approximate surface area is 65.3 Å². The summed E-state index contributed by atoms with van der Waals surface area (Å²) in [6.45, 7) is 1.80. The van der Waals surface area contributed by atoms with Gasteiger partial charge in [-0.1, -0.05) is 0 Å². The minimum atomic E-state index is -0.287. The van der Waals surface area contributed by atoms with Gasteiger partial charge in [0.15, 0.2) is 0 Å². The molecule has 0 unspecified atom stereocenters. The van der Waals surface area contributed by atoms with E-state index in [1.54, 1.807) is 25.4 Å². The van der Waals surface area contributed by atoms with Gasteiger partial charge in [0.2, 0.25) is 5.78 Å². The SMILES string of the molecule is C#CC(=O)c1ccncc1C.